The molecular weight excluding hydrogens is 404 g/mol. The Hall–Kier alpha value is -2.56. The predicted molar refractivity (Wildman–Crippen MR) is 114 cm³/mol. The molecule has 0 N–H and O–H groups in total. The van der Waals surface area contributed by atoms with Crippen LogP contribution in [0.2, 0.25) is 0 Å². The van der Waals surface area contributed by atoms with Gasteiger partial charge in [0.05, 0.1) is 12.4 Å². The first-order chi connectivity index (χ1) is 14.9. The standard InChI is InChI=1S/C26H26F4O/c1-3-4-5-19-12-17-10-11-18-13-20(9-8-16-7-6-15(2)31-14-16)24(28)26(30)22(18)21(17)25(29)23(19)27/h3,12-15H,1,4-11H2,2H3. The van der Waals surface area contributed by atoms with Crippen LogP contribution in [0.3, 0.4) is 0 Å². The summed E-state index contributed by atoms with van der Waals surface area (Å²) in [5, 5.41) is 0. The van der Waals surface area contributed by atoms with Gasteiger partial charge in [-0.15, -0.1) is 6.58 Å². The van der Waals surface area contributed by atoms with Crippen molar-refractivity contribution in [3.8, 4) is 11.1 Å². The van der Waals surface area contributed by atoms with Crippen molar-refractivity contribution in [1.82, 2.24) is 0 Å². The molecule has 1 atom stereocenters. The summed E-state index contributed by atoms with van der Waals surface area (Å²) in [5.74, 6) is -4.15. The fourth-order valence-corrected chi connectivity index (χ4v) is 4.51. The van der Waals surface area contributed by atoms with E-state index in [-0.39, 0.29) is 28.4 Å². The number of ether oxygens (including phenoxy) is 1. The van der Waals surface area contributed by atoms with Crippen LogP contribution in [-0.4, -0.2) is 6.10 Å². The van der Waals surface area contributed by atoms with Gasteiger partial charge in [0.25, 0.3) is 0 Å². The summed E-state index contributed by atoms with van der Waals surface area (Å²) in [5.41, 5.74) is 2.36. The quantitative estimate of drug-likeness (QED) is 0.349. The SMILES string of the molecule is C=CCCc1cc2c(c(F)c1F)-c1c(cc(CCC3=COC(C)CC3)c(F)c1F)CC2. The zero-order valence-corrected chi connectivity index (χ0v) is 17.7. The highest BCUT2D eigenvalue weighted by atomic mass is 19.2. The molecule has 0 amide bonds. The molecule has 5 heteroatoms. The molecule has 1 aliphatic heterocycles. The van der Waals surface area contributed by atoms with E-state index in [9.17, 15) is 13.2 Å². The monoisotopic (exact) mass is 430 g/mol. The lowest BCUT2D eigenvalue weighted by molar-refractivity contribution is 0.135. The van der Waals surface area contributed by atoms with Gasteiger partial charge in [0.15, 0.2) is 23.3 Å². The zero-order chi connectivity index (χ0) is 22.1. The highest BCUT2D eigenvalue weighted by molar-refractivity contribution is 5.75. The maximum absolute atomic E-state index is 15.1. The molecule has 0 spiro atoms. The van der Waals surface area contributed by atoms with Crippen molar-refractivity contribution in [1.29, 1.82) is 0 Å². The van der Waals surface area contributed by atoms with Crippen LogP contribution in [0, 0.1) is 23.3 Å². The van der Waals surface area contributed by atoms with Crippen molar-refractivity contribution in [2.45, 2.75) is 64.4 Å². The fourth-order valence-electron chi connectivity index (χ4n) is 4.51. The van der Waals surface area contributed by atoms with Crippen molar-refractivity contribution < 1.29 is 22.3 Å². The molecule has 0 aromatic heterocycles. The number of allylic oxidation sites excluding steroid dienone is 2. The third-order valence-corrected chi connectivity index (χ3v) is 6.31. The second-order valence-corrected chi connectivity index (χ2v) is 8.48. The molecule has 0 saturated heterocycles. The average Bonchev–Trinajstić information content (AvgIpc) is 2.77. The molecule has 1 unspecified atom stereocenters. The van der Waals surface area contributed by atoms with E-state index in [0.717, 1.165) is 18.4 Å². The summed E-state index contributed by atoms with van der Waals surface area (Å²) < 4.78 is 65.2. The molecule has 31 heavy (non-hydrogen) atoms. The molecule has 4 rings (SSSR count). The maximum Gasteiger partial charge on any atom is 0.167 e. The minimum atomic E-state index is -1.10. The van der Waals surface area contributed by atoms with E-state index in [1.54, 1.807) is 24.5 Å². The Morgan fingerprint density at radius 1 is 0.871 bits per heavy atom. The van der Waals surface area contributed by atoms with Crippen LogP contribution >= 0.6 is 0 Å². The maximum atomic E-state index is 15.1. The van der Waals surface area contributed by atoms with Gasteiger partial charge < -0.3 is 4.74 Å². The molecular formula is C26H26F4O. The van der Waals surface area contributed by atoms with Gasteiger partial charge in [-0.25, -0.2) is 17.6 Å². The molecule has 0 saturated carbocycles. The van der Waals surface area contributed by atoms with Gasteiger partial charge in [-0.05, 0) is 86.1 Å². The van der Waals surface area contributed by atoms with E-state index in [4.69, 9.17) is 4.74 Å². The fraction of sp³-hybridized carbons (Fsp3) is 0.385. The predicted octanol–water partition coefficient (Wildman–Crippen LogP) is 7.14. The summed E-state index contributed by atoms with van der Waals surface area (Å²) in [6.45, 7) is 5.60. The summed E-state index contributed by atoms with van der Waals surface area (Å²) in [4.78, 5) is 0. The largest absolute Gasteiger partial charge is 0.498 e. The van der Waals surface area contributed by atoms with Crippen molar-refractivity contribution >= 4 is 0 Å². The smallest absolute Gasteiger partial charge is 0.167 e. The minimum absolute atomic E-state index is 0.136. The number of benzene rings is 2. The minimum Gasteiger partial charge on any atom is -0.498 e. The average molecular weight is 430 g/mol. The lowest BCUT2D eigenvalue weighted by Gasteiger charge is -2.24. The highest BCUT2D eigenvalue weighted by Gasteiger charge is 2.29. The number of hydrogen-bond acceptors (Lipinski definition) is 1. The summed E-state index contributed by atoms with van der Waals surface area (Å²) >= 11 is 0. The summed E-state index contributed by atoms with van der Waals surface area (Å²) in [6, 6.07) is 3.20. The molecule has 1 nitrogen and oxygen atoms in total. The summed E-state index contributed by atoms with van der Waals surface area (Å²) in [6.07, 6.45) is 7.99. The highest BCUT2D eigenvalue weighted by Crippen LogP contribution is 2.41. The van der Waals surface area contributed by atoms with Gasteiger partial charge in [-0.2, -0.15) is 0 Å². The van der Waals surface area contributed by atoms with E-state index in [0.29, 0.717) is 49.7 Å². The Bertz CT molecular complexity index is 1050. The lowest BCUT2D eigenvalue weighted by Crippen LogP contribution is -2.14. The first-order valence-corrected chi connectivity index (χ1v) is 10.8. The van der Waals surface area contributed by atoms with Crippen molar-refractivity contribution in [3.05, 3.63) is 82.1 Å². The third kappa shape index (κ3) is 4.15. The number of aryl methyl sites for hydroxylation is 4. The van der Waals surface area contributed by atoms with Crippen molar-refractivity contribution in [2.24, 2.45) is 0 Å². The van der Waals surface area contributed by atoms with E-state index in [2.05, 4.69) is 6.58 Å². The zero-order valence-electron chi connectivity index (χ0n) is 17.7. The van der Waals surface area contributed by atoms with E-state index >= 15 is 4.39 Å². The number of hydrogen-bond donors (Lipinski definition) is 0. The van der Waals surface area contributed by atoms with Crippen molar-refractivity contribution in [3.63, 3.8) is 0 Å². The molecule has 0 radical (unpaired) electrons. The van der Waals surface area contributed by atoms with Crippen LogP contribution in [-0.2, 0) is 30.4 Å². The second kappa shape index (κ2) is 8.89. The molecule has 2 aromatic carbocycles. The first-order valence-electron chi connectivity index (χ1n) is 10.8. The molecule has 0 bridgehead atoms. The van der Waals surface area contributed by atoms with Crippen LogP contribution in [0.15, 0.2) is 36.6 Å². The van der Waals surface area contributed by atoms with Crippen molar-refractivity contribution in [2.75, 3.05) is 0 Å². The number of fused-ring (bicyclic) bond motifs is 3. The Balaban J connectivity index is 1.68. The molecule has 0 fully saturated rings. The Kier molecular flexibility index (Phi) is 6.22. The third-order valence-electron chi connectivity index (χ3n) is 6.31. The summed E-state index contributed by atoms with van der Waals surface area (Å²) in [7, 11) is 0. The molecule has 1 heterocycles. The van der Waals surface area contributed by atoms with Crippen LogP contribution in [0.4, 0.5) is 17.6 Å². The molecule has 1 aliphatic carbocycles. The van der Waals surface area contributed by atoms with E-state index in [1.165, 1.54) is 0 Å². The van der Waals surface area contributed by atoms with Crippen LogP contribution in [0.25, 0.3) is 11.1 Å². The number of rotatable bonds is 6. The topological polar surface area (TPSA) is 9.23 Å². The number of halogens is 4. The van der Waals surface area contributed by atoms with Gasteiger partial charge in [-0.1, -0.05) is 18.2 Å². The van der Waals surface area contributed by atoms with Gasteiger partial charge >= 0.3 is 0 Å². The van der Waals surface area contributed by atoms with E-state index < -0.39 is 23.3 Å². The van der Waals surface area contributed by atoms with Crippen LogP contribution in [0.5, 0.6) is 0 Å². The first kappa shape index (κ1) is 21.7. The molecule has 2 aliphatic rings. The lowest BCUT2D eigenvalue weighted by atomic mass is 9.82. The van der Waals surface area contributed by atoms with Gasteiger partial charge in [0, 0.05) is 11.1 Å². The van der Waals surface area contributed by atoms with Gasteiger partial charge in [0.2, 0.25) is 0 Å². The molecule has 164 valence electrons. The normalized spacial score (nSPS) is 17.5. The molecule has 2 aromatic rings. The van der Waals surface area contributed by atoms with Gasteiger partial charge in [0.1, 0.15) is 0 Å². The van der Waals surface area contributed by atoms with Crippen LogP contribution < -0.4 is 0 Å². The Labute approximate surface area is 180 Å². The van der Waals surface area contributed by atoms with Gasteiger partial charge in [-0.3, -0.25) is 0 Å². The van der Waals surface area contributed by atoms with Crippen LogP contribution in [0.1, 0.15) is 54.9 Å². The Morgan fingerprint density at radius 3 is 1.97 bits per heavy atom. The van der Waals surface area contributed by atoms with E-state index in [1.807, 2.05) is 6.92 Å². The second-order valence-electron chi connectivity index (χ2n) is 8.48. The Morgan fingerprint density at radius 2 is 1.45 bits per heavy atom.